The Balaban J connectivity index is 2.60. The van der Waals surface area contributed by atoms with Crippen LogP contribution >= 0.6 is 0 Å². The lowest BCUT2D eigenvalue weighted by Gasteiger charge is -2.40. The van der Waals surface area contributed by atoms with Crippen molar-refractivity contribution in [1.82, 2.24) is 5.32 Å². The molecule has 0 aromatic heterocycles. The first-order valence-electron chi connectivity index (χ1n) is 5.54. The molecule has 1 aliphatic heterocycles. The topological polar surface area (TPSA) is 119 Å². The van der Waals surface area contributed by atoms with Crippen LogP contribution in [-0.2, 0) is 9.53 Å². The van der Waals surface area contributed by atoms with Gasteiger partial charge in [0.2, 0.25) is 5.91 Å². The summed E-state index contributed by atoms with van der Waals surface area (Å²) in [7, 11) is 0. The van der Waals surface area contributed by atoms with E-state index in [1.807, 2.05) is 0 Å². The summed E-state index contributed by atoms with van der Waals surface area (Å²) in [5, 5.41) is 40.1. The fraction of sp³-hybridized carbons (Fsp3) is 0.727. The molecule has 1 saturated heterocycles. The number of terminal acetylenes is 1. The van der Waals surface area contributed by atoms with Gasteiger partial charge in [0.25, 0.3) is 0 Å². The van der Waals surface area contributed by atoms with Crippen LogP contribution in [0.25, 0.3) is 0 Å². The largest absolute Gasteiger partial charge is 0.394 e. The van der Waals surface area contributed by atoms with Crippen LogP contribution < -0.4 is 5.32 Å². The van der Waals surface area contributed by atoms with E-state index < -0.39 is 43.2 Å². The Morgan fingerprint density at radius 2 is 2.00 bits per heavy atom. The standard InChI is InChI=1S/C11H17NO6/c1-2-3-4-7(14)12-8-10(16)9(15)6(5-13)18-11(8)17/h1,6,8-11,13,15-17H,3-5H2,(H,12,14)/t6-,8-,9-,10?,11?/m1/s1. The average Bonchev–Trinajstić information content (AvgIpc) is 2.36. The number of hydrogen-bond donors (Lipinski definition) is 5. The number of ether oxygens (including phenoxy) is 1. The van der Waals surface area contributed by atoms with E-state index >= 15 is 0 Å². The van der Waals surface area contributed by atoms with E-state index in [2.05, 4.69) is 11.2 Å². The highest BCUT2D eigenvalue weighted by Gasteiger charge is 2.44. The van der Waals surface area contributed by atoms with Crippen LogP contribution in [0.2, 0.25) is 0 Å². The van der Waals surface area contributed by atoms with Gasteiger partial charge in [0, 0.05) is 12.8 Å². The second kappa shape index (κ2) is 6.68. The van der Waals surface area contributed by atoms with Crippen molar-refractivity contribution in [2.24, 2.45) is 0 Å². The highest BCUT2D eigenvalue weighted by atomic mass is 16.6. The Kier molecular flexibility index (Phi) is 5.53. The molecule has 102 valence electrons. The van der Waals surface area contributed by atoms with Gasteiger partial charge < -0.3 is 30.5 Å². The lowest BCUT2D eigenvalue weighted by Crippen LogP contribution is -2.64. The number of aliphatic hydroxyl groups is 4. The van der Waals surface area contributed by atoms with Gasteiger partial charge in [0.1, 0.15) is 24.4 Å². The zero-order chi connectivity index (χ0) is 13.7. The molecular weight excluding hydrogens is 242 g/mol. The zero-order valence-corrected chi connectivity index (χ0v) is 9.69. The minimum absolute atomic E-state index is 0.0476. The highest BCUT2D eigenvalue weighted by molar-refractivity contribution is 5.76. The molecule has 2 unspecified atom stereocenters. The second-order valence-electron chi connectivity index (χ2n) is 4.03. The maximum atomic E-state index is 11.4. The number of hydrogen-bond acceptors (Lipinski definition) is 6. The fourth-order valence-electron chi connectivity index (χ4n) is 1.70. The number of carbonyl (C=O) groups excluding carboxylic acids is 1. The molecule has 1 amide bonds. The van der Waals surface area contributed by atoms with Gasteiger partial charge in [-0.1, -0.05) is 0 Å². The van der Waals surface area contributed by atoms with Crippen molar-refractivity contribution in [3.8, 4) is 12.3 Å². The monoisotopic (exact) mass is 259 g/mol. The Labute approximate surface area is 104 Å². The van der Waals surface area contributed by atoms with Crippen LogP contribution in [0.3, 0.4) is 0 Å². The molecule has 1 rings (SSSR count). The van der Waals surface area contributed by atoms with Crippen molar-refractivity contribution >= 4 is 5.91 Å². The molecule has 18 heavy (non-hydrogen) atoms. The summed E-state index contributed by atoms with van der Waals surface area (Å²) < 4.78 is 4.88. The summed E-state index contributed by atoms with van der Waals surface area (Å²) >= 11 is 0. The Morgan fingerprint density at radius 3 is 2.56 bits per heavy atom. The van der Waals surface area contributed by atoms with Crippen LogP contribution in [-0.4, -0.2) is 63.6 Å². The van der Waals surface area contributed by atoms with Crippen LogP contribution in [0, 0.1) is 12.3 Å². The van der Waals surface area contributed by atoms with E-state index in [9.17, 15) is 20.1 Å². The van der Waals surface area contributed by atoms with Crippen LogP contribution in [0.1, 0.15) is 12.8 Å². The quantitative estimate of drug-likeness (QED) is 0.351. The number of rotatable bonds is 4. The van der Waals surface area contributed by atoms with E-state index in [4.69, 9.17) is 16.3 Å². The molecule has 7 nitrogen and oxygen atoms in total. The second-order valence-corrected chi connectivity index (χ2v) is 4.03. The minimum atomic E-state index is -1.50. The summed E-state index contributed by atoms with van der Waals surface area (Å²) in [4.78, 5) is 11.4. The molecule has 0 aliphatic carbocycles. The molecule has 0 saturated carbocycles. The third-order valence-electron chi connectivity index (χ3n) is 2.72. The van der Waals surface area contributed by atoms with Crippen LogP contribution in [0.15, 0.2) is 0 Å². The zero-order valence-electron chi connectivity index (χ0n) is 9.69. The average molecular weight is 259 g/mol. The molecule has 1 heterocycles. The number of carbonyl (C=O) groups is 1. The Morgan fingerprint density at radius 1 is 1.33 bits per heavy atom. The minimum Gasteiger partial charge on any atom is -0.394 e. The van der Waals surface area contributed by atoms with E-state index in [1.54, 1.807) is 0 Å². The lowest BCUT2D eigenvalue weighted by molar-refractivity contribution is -0.253. The predicted octanol–water partition coefficient (Wildman–Crippen LogP) is -2.68. The van der Waals surface area contributed by atoms with Gasteiger partial charge in [-0.25, -0.2) is 0 Å². The van der Waals surface area contributed by atoms with Gasteiger partial charge in [0.05, 0.1) is 6.61 Å². The van der Waals surface area contributed by atoms with Crippen molar-refractivity contribution in [2.45, 2.75) is 43.5 Å². The summed E-state index contributed by atoms with van der Waals surface area (Å²) in [6.45, 7) is -0.549. The van der Waals surface area contributed by atoms with Gasteiger partial charge in [-0.05, 0) is 0 Å². The fourth-order valence-corrected chi connectivity index (χ4v) is 1.70. The first kappa shape index (κ1) is 14.9. The van der Waals surface area contributed by atoms with E-state index in [-0.39, 0.29) is 12.8 Å². The van der Waals surface area contributed by atoms with Gasteiger partial charge in [-0.3, -0.25) is 4.79 Å². The Bertz CT molecular complexity index is 328. The smallest absolute Gasteiger partial charge is 0.221 e. The van der Waals surface area contributed by atoms with Crippen molar-refractivity contribution in [3.05, 3.63) is 0 Å². The highest BCUT2D eigenvalue weighted by Crippen LogP contribution is 2.19. The third kappa shape index (κ3) is 3.41. The van der Waals surface area contributed by atoms with E-state index in [0.29, 0.717) is 0 Å². The molecule has 1 fully saturated rings. The van der Waals surface area contributed by atoms with Crippen LogP contribution in [0.4, 0.5) is 0 Å². The lowest BCUT2D eigenvalue weighted by atomic mass is 9.97. The van der Waals surface area contributed by atoms with Crippen molar-refractivity contribution in [2.75, 3.05) is 6.61 Å². The molecule has 1 aliphatic rings. The number of nitrogens with one attached hydrogen (secondary N) is 1. The molecule has 0 bridgehead atoms. The maximum Gasteiger partial charge on any atom is 0.221 e. The van der Waals surface area contributed by atoms with Gasteiger partial charge in [0.15, 0.2) is 6.29 Å². The molecule has 0 aromatic carbocycles. The number of aliphatic hydroxyl groups excluding tert-OH is 4. The molecule has 5 N–H and O–H groups in total. The molecule has 5 atom stereocenters. The predicted molar refractivity (Wildman–Crippen MR) is 60.0 cm³/mol. The molecule has 7 heteroatoms. The van der Waals surface area contributed by atoms with Crippen LogP contribution in [0.5, 0.6) is 0 Å². The summed E-state index contributed by atoms with van der Waals surface area (Å²) in [5.74, 6) is 1.82. The van der Waals surface area contributed by atoms with Gasteiger partial charge >= 0.3 is 0 Å². The molecule has 0 radical (unpaired) electrons. The van der Waals surface area contributed by atoms with Gasteiger partial charge in [-0.2, -0.15) is 0 Å². The first-order chi connectivity index (χ1) is 8.51. The Hall–Kier alpha value is -1.17. The summed E-state index contributed by atoms with van der Waals surface area (Å²) in [6.07, 6.45) is -0.137. The maximum absolute atomic E-state index is 11.4. The third-order valence-corrected chi connectivity index (χ3v) is 2.72. The van der Waals surface area contributed by atoms with E-state index in [0.717, 1.165) is 0 Å². The molecular formula is C11H17NO6. The van der Waals surface area contributed by atoms with Gasteiger partial charge in [-0.15, -0.1) is 12.3 Å². The van der Waals surface area contributed by atoms with Crippen molar-refractivity contribution in [1.29, 1.82) is 0 Å². The van der Waals surface area contributed by atoms with Crippen molar-refractivity contribution < 1.29 is 30.0 Å². The first-order valence-corrected chi connectivity index (χ1v) is 5.54. The summed E-state index contributed by atoms with van der Waals surface area (Å²) in [6, 6.07) is -1.16. The number of amides is 1. The van der Waals surface area contributed by atoms with Crippen molar-refractivity contribution in [3.63, 3.8) is 0 Å². The van der Waals surface area contributed by atoms with E-state index in [1.165, 1.54) is 0 Å². The molecule has 0 spiro atoms. The normalized spacial score (nSPS) is 35.8. The summed E-state index contributed by atoms with van der Waals surface area (Å²) in [5.41, 5.74) is 0. The molecule has 0 aromatic rings. The SMILES string of the molecule is C#CCCC(=O)N[C@H]1C(O)O[C@H](CO)[C@@H](O)C1O.